The highest BCUT2D eigenvalue weighted by molar-refractivity contribution is 7.89. The topological polar surface area (TPSA) is 67.4 Å². The molecule has 2 rings (SSSR count). The standard InChI is InChI=1S/C12H18N2O3S/c1-2-17-11-3-5-12(6-4-11)18(15,16)14-10-7-8-13-9-10/h3-6,10,13-14H,2,7-9H2,1H3. The van der Waals surface area contributed by atoms with E-state index in [0.717, 1.165) is 13.0 Å². The maximum Gasteiger partial charge on any atom is 0.240 e. The molecule has 100 valence electrons. The smallest absolute Gasteiger partial charge is 0.240 e. The number of benzene rings is 1. The Morgan fingerprint density at radius 3 is 2.67 bits per heavy atom. The number of hydrogen-bond donors (Lipinski definition) is 2. The number of ether oxygens (including phenoxy) is 1. The molecule has 6 heteroatoms. The van der Waals surface area contributed by atoms with Gasteiger partial charge >= 0.3 is 0 Å². The van der Waals surface area contributed by atoms with E-state index in [-0.39, 0.29) is 10.9 Å². The molecule has 1 saturated heterocycles. The molecule has 1 heterocycles. The lowest BCUT2D eigenvalue weighted by Gasteiger charge is -2.12. The Morgan fingerprint density at radius 1 is 1.39 bits per heavy atom. The Morgan fingerprint density at radius 2 is 2.11 bits per heavy atom. The number of hydrogen-bond acceptors (Lipinski definition) is 4. The van der Waals surface area contributed by atoms with Crippen molar-refractivity contribution in [2.75, 3.05) is 19.7 Å². The van der Waals surface area contributed by atoms with Crippen molar-refractivity contribution in [3.05, 3.63) is 24.3 Å². The lowest BCUT2D eigenvalue weighted by atomic mass is 10.3. The first-order valence-electron chi connectivity index (χ1n) is 6.08. The van der Waals surface area contributed by atoms with Crippen LogP contribution in [0.5, 0.6) is 5.75 Å². The maximum atomic E-state index is 12.1. The first-order valence-corrected chi connectivity index (χ1v) is 7.56. The zero-order valence-corrected chi connectivity index (χ0v) is 11.2. The van der Waals surface area contributed by atoms with E-state index in [9.17, 15) is 8.42 Å². The van der Waals surface area contributed by atoms with E-state index in [0.29, 0.717) is 18.9 Å². The van der Waals surface area contributed by atoms with Gasteiger partial charge in [0, 0.05) is 12.6 Å². The molecule has 0 aliphatic carbocycles. The highest BCUT2D eigenvalue weighted by Crippen LogP contribution is 2.16. The molecule has 5 nitrogen and oxygen atoms in total. The van der Waals surface area contributed by atoms with Crippen LogP contribution in [0.3, 0.4) is 0 Å². The van der Waals surface area contributed by atoms with Crippen LogP contribution in [0.4, 0.5) is 0 Å². The molecule has 1 aliphatic heterocycles. The van der Waals surface area contributed by atoms with Gasteiger partial charge in [0.25, 0.3) is 0 Å². The molecular formula is C12H18N2O3S. The summed E-state index contributed by atoms with van der Waals surface area (Å²) < 4.78 is 32.1. The second kappa shape index (κ2) is 5.69. The second-order valence-electron chi connectivity index (χ2n) is 4.22. The molecule has 2 N–H and O–H groups in total. The van der Waals surface area contributed by atoms with E-state index in [4.69, 9.17) is 4.74 Å². The predicted octanol–water partition coefficient (Wildman–Crippen LogP) is 0.725. The van der Waals surface area contributed by atoms with Crippen molar-refractivity contribution >= 4 is 10.0 Å². The van der Waals surface area contributed by atoms with Gasteiger partial charge in [-0.3, -0.25) is 0 Å². The van der Waals surface area contributed by atoms with Crippen LogP contribution in [0.25, 0.3) is 0 Å². The van der Waals surface area contributed by atoms with Crippen LogP contribution in [-0.2, 0) is 10.0 Å². The molecule has 1 atom stereocenters. The third-order valence-corrected chi connectivity index (χ3v) is 4.36. The minimum absolute atomic E-state index is 0.0124. The third-order valence-electron chi connectivity index (χ3n) is 2.83. The Balaban J connectivity index is 2.08. The summed E-state index contributed by atoms with van der Waals surface area (Å²) in [6.07, 6.45) is 0.830. The van der Waals surface area contributed by atoms with Gasteiger partial charge in [-0.25, -0.2) is 13.1 Å². The van der Waals surface area contributed by atoms with Crippen LogP contribution in [0.15, 0.2) is 29.2 Å². The normalized spacial score (nSPS) is 19.9. The molecule has 0 spiro atoms. The summed E-state index contributed by atoms with van der Waals surface area (Å²) >= 11 is 0. The van der Waals surface area contributed by atoms with Gasteiger partial charge in [-0.1, -0.05) is 0 Å². The van der Waals surface area contributed by atoms with Crippen LogP contribution in [0, 0.1) is 0 Å². The van der Waals surface area contributed by atoms with Crippen LogP contribution in [-0.4, -0.2) is 34.2 Å². The summed E-state index contributed by atoms with van der Waals surface area (Å²) in [7, 11) is -3.42. The van der Waals surface area contributed by atoms with Crippen molar-refractivity contribution in [3.8, 4) is 5.75 Å². The molecule has 1 unspecified atom stereocenters. The zero-order chi connectivity index (χ0) is 13.0. The van der Waals surface area contributed by atoms with Gasteiger partial charge < -0.3 is 10.1 Å². The highest BCUT2D eigenvalue weighted by Gasteiger charge is 2.22. The fourth-order valence-electron chi connectivity index (χ4n) is 1.92. The van der Waals surface area contributed by atoms with Gasteiger partial charge in [0.05, 0.1) is 11.5 Å². The first-order chi connectivity index (χ1) is 8.62. The Bertz CT molecular complexity index is 479. The number of rotatable bonds is 5. The summed E-state index contributed by atoms with van der Waals surface area (Å²) in [6.45, 7) is 4.00. The average molecular weight is 270 g/mol. The summed E-state index contributed by atoms with van der Waals surface area (Å²) in [5.74, 6) is 0.680. The van der Waals surface area contributed by atoms with E-state index in [2.05, 4.69) is 10.0 Å². The average Bonchev–Trinajstić information content (AvgIpc) is 2.82. The monoisotopic (exact) mass is 270 g/mol. The maximum absolute atomic E-state index is 12.1. The number of sulfonamides is 1. The van der Waals surface area contributed by atoms with Crippen molar-refractivity contribution in [2.45, 2.75) is 24.3 Å². The quantitative estimate of drug-likeness (QED) is 0.827. The van der Waals surface area contributed by atoms with Crippen molar-refractivity contribution in [3.63, 3.8) is 0 Å². The van der Waals surface area contributed by atoms with E-state index >= 15 is 0 Å². The number of nitrogens with one attached hydrogen (secondary N) is 2. The molecular weight excluding hydrogens is 252 g/mol. The van der Waals surface area contributed by atoms with Gasteiger partial charge in [-0.2, -0.15) is 0 Å². The van der Waals surface area contributed by atoms with Crippen LogP contribution < -0.4 is 14.8 Å². The van der Waals surface area contributed by atoms with E-state index in [1.807, 2.05) is 6.92 Å². The zero-order valence-electron chi connectivity index (χ0n) is 10.3. The highest BCUT2D eigenvalue weighted by atomic mass is 32.2. The van der Waals surface area contributed by atoms with Crippen molar-refractivity contribution in [2.24, 2.45) is 0 Å². The molecule has 1 aliphatic rings. The fourth-order valence-corrected chi connectivity index (χ4v) is 3.19. The van der Waals surface area contributed by atoms with Crippen molar-refractivity contribution < 1.29 is 13.2 Å². The molecule has 0 bridgehead atoms. The molecule has 0 amide bonds. The predicted molar refractivity (Wildman–Crippen MR) is 69.2 cm³/mol. The molecule has 1 fully saturated rings. The SMILES string of the molecule is CCOc1ccc(S(=O)(=O)NC2CCNC2)cc1. The molecule has 1 aromatic carbocycles. The minimum Gasteiger partial charge on any atom is -0.494 e. The first kappa shape index (κ1) is 13.3. The molecule has 0 radical (unpaired) electrons. The molecule has 18 heavy (non-hydrogen) atoms. The summed E-state index contributed by atoms with van der Waals surface area (Å²) in [5, 5.41) is 3.13. The van der Waals surface area contributed by atoms with Crippen LogP contribution in [0.2, 0.25) is 0 Å². The molecule has 1 aromatic rings. The van der Waals surface area contributed by atoms with E-state index in [1.165, 1.54) is 0 Å². The third kappa shape index (κ3) is 3.22. The van der Waals surface area contributed by atoms with Crippen LogP contribution in [0.1, 0.15) is 13.3 Å². The second-order valence-corrected chi connectivity index (χ2v) is 5.93. The summed E-state index contributed by atoms with van der Waals surface area (Å²) in [5.41, 5.74) is 0. The van der Waals surface area contributed by atoms with Crippen molar-refractivity contribution in [1.82, 2.24) is 10.0 Å². The Hall–Kier alpha value is -1.11. The Kier molecular flexibility index (Phi) is 4.21. The summed E-state index contributed by atoms with van der Waals surface area (Å²) in [6, 6.07) is 6.46. The lowest BCUT2D eigenvalue weighted by Crippen LogP contribution is -2.36. The molecule has 0 saturated carbocycles. The largest absolute Gasteiger partial charge is 0.494 e. The summed E-state index contributed by atoms with van der Waals surface area (Å²) in [4.78, 5) is 0.276. The van der Waals surface area contributed by atoms with Gasteiger partial charge in [0.2, 0.25) is 10.0 Å². The van der Waals surface area contributed by atoms with Gasteiger partial charge in [-0.05, 0) is 44.2 Å². The van der Waals surface area contributed by atoms with E-state index < -0.39 is 10.0 Å². The van der Waals surface area contributed by atoms with Gasteiger partial charge in [0.1, 0.15) is 5.75 Å². The Labute approximate surface area is 108 Å². The lowest BCUT2D eigenvalue weighted by molar-refractivity contribution is 0.340. The van der Waals surface area contributed by atoms with Crippen LogP contribution >= 0.6 is 0 Å². The van der Waals surface area contributed by atoms with Crippen molar-refractivity contribution in [1.29, 1.82) is 0 Å². The van der Waals surface area contributed by atoms with Gasteiger partial charge in [0.15, 0.2) is 0 Å². The van der Waals surface area contributed by atoms with E-state index in [1.54, 1.807) is 24.3 Å². The molecule has 0 aromatic heterocycles. The van der Waals surface area contributed by atoms with Gasteiger partial charge in [-0.15, -0.1) is 0 Å². The minimum atomic E-state index is -3.42. The fraction of sp³-hybridized carbons (Fsp3) is 0.500.